The molecule has 6 rings (SSSR count). The molecular weight excluding hydrogens is 308 g/mol. The van der Waals surface area contributed by atoms with Crippen molar-refractivity contribution in [2.75, 3.05) is 0 Å². The third-order valence-electron chi connectivity index (χ3n) is 6.13. The van der Waals surface area contributed by atoms with E-state index in [1.807, 2.05) is 0 Å². The second-order valence-corrected chi connectivity index (χ2v) is 7.99. The molecule has 3 aliphatic carbocycles. The Balaban J connectivity index is 1.40. The van der Waals surface area contributed by atoms with Gasteiger partial charge in [-0.2, -0.15) is 0 Å². The Morgan fingerprint density at radius 1 is 0.720 bits per heavy atom. The summed E-state index contributed by atoms with van der Waals surface area (Å²) in [7, 11) is 0. The van der Waals surface area contributed by atoms with Crippen molar-refractivity contribution >= 4 is 0 Å². The third-order valence-corrected chi connectivity index (χ3v) is 6.13. The van der Waals surface area contributed by atoms with E-state index in [2.05, 4.69) is 36.4 Å². The van der Waals surface area contributed by atoms with Crippen LogP contribution in [0.15, 0.2) is 59.1 Å². The van der Waals surface area contributed by atoms with Gasteiger partial charge in [0.25, 0.3) is 0 Å². The molecule has 1 fully saturated rings. The molecule has 1 aromatic carbocycles. The minimum atomic E-state index is 0.724. The van der Waals surface area contributed by atoms with Crippen LogP contribution in [0.2, 0.25) is 0 Å². The molecule has 2 atom stereocenters. The van der Waals surface area contributed by atoms with Crippen LogP contribution >= 0.6 is 0 Å². The molecular formula is C23H22O2. The fourth-order valence-corrected chi connectivity index (χ4v) is 4.57. The summed E-state index contributed by atoms with van der Waals surface area (Å²) in [6.07, 6.45) is 17.5. The van der Waals surface area contributed by atoms with Gasteiger partial charge in [-0.15, -0.1) is 0 Å². The third kappa shape index (κ3) is 2.31. The lowest BCUT2D eigenvalue weighted by Gasteiger charge is -2.29. The average Bonchev–Trinajstić information content (AvgIpc) is 3.34. The summed E-state index contributed by atoms with van der Waals surface area (Å²) in [4.78, 5) is 0. The molecule has 2 heteroatoms. The molecule has 0 bridgehead atoms. The number of benzene rings is 1. The Hall–Kier alpha value is -2.22. The van der Waals surface area contributed by atoms with Crippen molar-refractivity contribution in [1.82, 2.24) is 0 Å². The molecule has 2 aliphatic heterocycles. The van der Waals surface area contributed by atoms with Crippen molar-refractivity contribution in [2.45, 2.75) is 44.9 Å². The molecule has 25 heavy (non-hydrogen) atoms. The van der Waals surface area contributed by atoms with E-state index in [0.29, 0.717) is 0 Å². The molecule has 2 heterocycles. The van der Waals surface area contributed by atoms with Gasteiger partial charge in [-0.25, -0.2) is 0 Å². The lowest BCUT2D eigenvalue weighted by Crippen LogP contribution is -2.16. The van der Waals surface area contributed by atoms with E-state index in [1.165, 1.54) is 48.0 Å². The molecule has 2 unspecified atom stereocenters. The van der Waals surface area contributed by atoms with Crippen LogP contribution in [0.3, 0.4) is 0 Å². The summed E-state index contributed by atoms with van der Waals surface area (Å²) in [6.45, 7) is 0. The Bertz CT molecular complexity index is 824. The molecule has 5 aliphatic rings. The van der Waals surface area contributed by atoms with Gasteiger partial charge in [-0.1, -0.05) is 12.2 Å². The zero-order chi connectivity index (χ0) is 16.4. The highest BCUT2D eigenvalue weighted by Gasteiger charge is 2.39. The zero-order valence-corrected chi connectivity index (χ0v) is 14.4. The lowest BCUT2D eigenvalue weighted by molar-refractivity contribution is 0.386. The first-order valence-electron chi connectivity index (χ1n) is 9.67. The molecule has 0 N–H and O–H groups in total. The Morgan fingerprint density at radius 3 is 2.32 bits per heavy atom. The van der Waals surface area contributed by atoms with E-state index in [-0.39, 0.29) is 0 Å². The predicted molar refractivity (Wildman–Crippen MR) is 97.5 cm³/mol. The first-order chi connectivity index (χ1) is 12.3. The molecule has 1 aromatic rings. The molecule has 0 aromatic heterocycles. The Labute approximate surface area is 148 Å². The first-order valence-corrected chi connectivity index (χ1v) is 9.67. The highest BCUT2D eigenvalue weighted by Crippen LogP contribution is 2.50. The maximum absolute atomic E-state index is 6.28. The summed E-state index contributed by atoms with van der Waals surface area (Å²) in [5, 5.41) is 0. The summed E-state index contributed by atoms with van der Waals surface area (Å²) in [6, 6.07) is 4.44. The van der Waals surface area contributed by atoms with Crippen molar-refractivity contribution < 1.29 is 9.47 Å². The number of hydrogen-bond donors (Lipinski definition) is 0. The minimum Gasteiger partial charge on any atom is -0.457 e. The van der Waals surface area contributed by atoms with E-state index >= 15 is 0 Å². The fourth-order valence-electron chi connectivity index (χ4n) is 4.57. The van der Waals surface area contributed by atoms with Gasteiger partial charge in [0, 0.05) is 18.9 Å². The predicted octanol–water partition coefficient (Wildman–Crippen LogP) is 5.40. The van der Waals surface area contributed by atoms with E-state index in [1.54, 1.807) is 0 Å². The van der Waals surface area contributed by atoms with Gasteiger partial charge in [0.1, 0.15) is 23.0 Å². The summed E-state index contributed by atoms with van der Waals surface area (Å²) >= 11 is 0. The number of hydrogen-bond acceptors (Lipinski definition) is 2. The van der Waals surface area contributed by atoms with Gasteiger partial charge < -0.3 is 9.47 Å². The van der Waals surface area contributed by atoms with Gasteiger partial charge >= 0.3 is 0 Å². The maximum Gasteiger partial charge on any atom is 0.134 e. The Kier molecular flexibility index (Phi) is 2.88. The SMILES string of the molecule is C1=C2Cc3cc4c(cc3OC2=CC2CC12)OC1=C/CCCC/C=C\1C4. The van der Waals surface area contributed by atoms with Gasteiger partial charge in [-0.05, 0) is 84.4 Å². The summed E-state index contributed by atoms with van der Waals surface area (Å²) in [5.41, 5.74) is 5.36. The smallest absolute Gasteiger partial charge is 0.134 e. The fraction of sp³-hybridized carbons (Fsp3) is 0.391. The van der Waals surface area contributed by atoms with Crippen LogP contribution in [-0.4, -0.2) is 0 Å². The van der Waals surface area contributed by atoms with Gasteiger partial charge in [0.05, 0.1) is 0 Å². The molecule has 1 saturated carbocycles. The van der Waals surface area contributed by atoms with Crippen molar-refractivity contribution in [1.29, 1.82) is 0 Å². The molecule has 0 amide bonds. The van der Waals surface area contributed by atoms with Crippen LogP contribution in [0.5, 0.6) is 11.5 Å². The number of rotatable bonds is 0. The maximum atomic E-state index is 6.28. The average molecular weight is 330 g/mol. The van der Waals surface area contributed by atoms with E-state index in [4.69, 9.17) is 9.47 Å². The van der Waals surface area contributed by atoms with Crippen LogP contribution < -0.4 is 9.47 Å². The number of fused-ring (bicyclic) bond motifs is 5. The monoisotopic (exact) mass is 330 g/mol. The van der Waals surface area contributed by atoms with Crippen molar-refractivity contribution in [3.8, 4) is 11.5 Å². The molecule has 126 valence electrons. The minimum absolute atomic E-state index is 0.724. The normalized spacial score (nSPS) is 32.6. The van der Waals surface area contributed by atoms with Gasteiger partial charge in [0.15, 0.2) is 0 Å². The molecule has 0 radical (unpaired) electrons. The van der Waals surface area contributed by atoms with E-state index in [9.17, 15) is 0 Å². The standard InChI is InChI=1S/C23H22O2/c1-2-4-6-20-14(5-3-1)7-17-10-19-11-18-9-15-8-16(15)12-21(18)25-23(19)13-22(17)24-20/h5-6,9-10,12-13,15-16H,1-4,7-8,11H2/b14-5-,20-6+. The zero-order valence-electron chi connectivity index (χ0n) is 14.4. The summed E-state index contributed by atoms with van der Waals surface area (Å²) < 4.78 is 12.5. The van der Waals surface area contributed by atoms with Crippen molar-refractivity contribution in [3.05, 3.63) is 70.2 Å². The van der Waals surface area contributed by atoms with Crippen LogP contribution in [0.1, 0.15) is 43.2 Å². The van der Waals surface area contributed by atoms with E-state index < -0.39 is 0 Å². The van der Waals surface area contributed by atoms with Crippen LogP contribution in [0.25, 0.3) is 0 Å². The Morgan fingerprint density at radius 2 is 1.44 bits per heavy atom. The molecule has 0 saturated heterocycles. The summed E-state index contributed by atoms with van der Waals surface area (Å²) in [5.74, 6) is 5.63. The number of ether oxygens (including phenoxy) is 2. The second-order valence-electron chi connectivity index (χ2n) is 7.99. The topological polar surface area (TPSA) is 18.5 Å². The van der Waals surface area contributed by atoms with Crippen LogP contribution in [0, 0.1) is 11.8 Å². The lowest BCUT2D eigenvalue weighted by atomic mass is 9.90. The van der Waals surface area contributed by atoms with E-state index in [0.717, 1.165) is 54.1 Å². The largest absolute Gasteiger partial charge is 0.457 e. The van der Waals surface area contributed by atoms with Crippen molar-refractivity contribution in [3.63, 3.8) is 0 Å². The number of allylic oxidation sites excluding steroid dienone is 6. The quantitative estimate of drug-likeness (QED) is 0.634. The van der Waals surface area contributed by atoms with Crippen molar-refractivity contribution in [2.24, 2.45) is 11.8 Å². The molecule has 0 spiro atoms. The highest BCUT2D eigenvalue weighted by atomic mass is 16.5. The van der Waals surface area contributed by atoms with Gasteiger partial charge in [-0.3, -0.25) is 0 Å². The highest BCUT2D eigenvalue weighted by molar-refractivity contribution is 5.57. The first kappa shape index (κ1) is 14.0. The van der Waals surface area contributed by atoms with Crippen LogP contribution in [0.4, 0.5) is 0 Å². The second kappa shape index (κ2) is 5.14. The van der Waals surface area contributed by atoms with Crippen LogP contribution in [-0.2, 0) is 12.8 Å². The van der Waals surface area contributed by atoms with Gasteiger partial charge in [0.2, 0.25) is 0 Å². The molecule has 2 nitrogen and oxygen atoms in total.